The molecular weight excluding hydrogens is 410 g/mol. The zero-order valence-electron chi connectivity index (χ0n) is 17.5. The first-order valence-electron chi connectivity index (χ1n) is 10.2. The van der Waals surface area contributed by atoms with Crippen LogP contribution < -0.4 is 9.64 Å². The predicted octanol–water partition coefficient (Wildman–Crippen LogP) is 2.15. The monoisotopic (exact) mass is 433 g/mol. The van der Waals surface area contributed by atoms with Crippen molar-refractivity contribution in [1.82, 2.24) is 14.5 Å². The number of nitrogens with zero attached hydrogens (tertiary/aromatic N) is 5. The van der Waals surface area contributed by atoms with Crippen molar-refractivity contribution in [2.24, 2.45) is 0 Å². The van der Waals surface area contributed by atoms with E-state index in [1.807, 2.05) is 30.3 Å². The third-order valence-electron chi connectivity index (χ3n) is 5.25. The summed E-state index contributed by atoms with van der Waals surface area (Å²) in [6.07, 6.45) is -0.875. The summed E-state index contributed by atoms with van der Waals surface area (Å²) in [6.45, 7) is 0.414. The van der Waals surface area contributed by atoms with Crippen LogP contribution in [-0.2, 0) is 6.54 Å². The maximum atomic E-state index is 13.4. The Balaban J connectivity index is 1.80. The molecule has 0 aliphatic carbocycles. The number of imidazole rings is 1. The predicted molar refractivity (Wildman–Crippen MR) is 116 cm³/mol. The van der Waals surface area contributed by atoms with E-state index in [-0.39, 0.29) is 24.9 Å². The standard InChI is InChI=1S/C23H23N5O4/c1-26-20-19(21(30)27(23(26)31)11-6-12-29)28(15-16-7-3-2-4-8-16)22(25-20)32-18-10-5-9-17(13-18)14-24/h2-5,7-10,13,23,29,31H,6,11-12,15H2,1H3. The molecular formula is C23H23N5O4. The molecule has 0 bridgehead atoms. The number of carbonyl (C=O) groups is 1. The zero-order valence-corrected chi connectivity index (χ0v) is 17.5. The van der Waals surface area contributed by atoms with Crippen LogP contribution in [0, 0.1) is 11.3 Å². The highest BCUT2D eigenvalue weighted by Crippen LogP contribution is 2.35. The van der Waals surface area contributed by atoms with Gasteiger partial charge in [0.25, 0.3) is 5.91 Å². The van der Waals surface area contributed by atoms with Gasteiger partial charge >= 0.3 is 6.01 Å². The second-order valence-corrected chi connectivity index (χ2v) is 7.41. The van der Waals surface area contributed by atoms with Gasteiger partial charge in [0, 0.05) is 20.2 Å². The molecule has 4 rings (SSSR count). The molecule has 2 N–H and O–H groups in total. The highest BCUT2D eigenvalue weighted by molar-refractivity contribution is 5.99. The van der Waals surface area contributed by atoms with Crippen LogP contribution in [0.5, 0.6) is 11.8 Å². The summed E-state index contributed by atoms with van der Waals surface area (Å²) < 4.78 is 7.67. The Bertz CT molecular complexity index is 1150. The number of rotatable bonds is 7. The van der Waals surface area contributed by atoms with Crippen molar-refractivity contribution < 1.29 is 19.7 Å². The molecule has 1 amide bonds. The van der Waals surface area contributed by atoms with E-state index in [0.717, 1.165) is 5.56 Å². The molecule has 0 spiro atoms. The number of hydrogen-bond donors (Lipinski definition) is 2. The Morgan fingerprint density at radius 3 is 2.69 bits per heavy atom. The molecule has 1 aliphatic heterocycles. The van der Waals surface area contributed by atoms with Gasteiger partial charge in [-0.05, 0) is 30.2 Å². The normalized spacial score (nSPS) is 15.4. The summed E-state index contributed by atoms with van der Waals surface area (Å²) in [6, 6.07) is 18.5. The van der Waals surface area contributed by atoms with Gasteiger partial charge in [-0.25, -0.2) is 0 Å². The highest BCUT2D eigenvalue weighted by atomic mass is 16.5. The number of aliphatic hydroxyl groups excluding tert-OH is 2. The molecule has 0 saturated carbocycles. The maximum Gasteiger partial charge on any atom is 0.304 e. The summed E-state index contributed by atoms with van der Waals surface area (Å²) in [4.78, 5) is 20.7. The molecule has 1 unspecified atom stereocenters. The lowest BCUT2D eigenvalue weighted by molar-refractivity contribution is 0.00112. The van der Waals surface area contributed by atoms with Crippen molar-refractivity contribution >= 4 is 11.7 Å². The van der Waals surface area contributed by atoms with Gasteiger partial charge < -0.3 is 19.8 Å². The summed E-state index contributed by atoms with van der Waals surface area (Å²) in [5, 5.41) is 29.0. The number of fused-ring (bicyclic) bond motifs is 1. The second-order valence-electron chi connectivity index (χ2n) is 7.41. The Labute approximate surface area is 185 Å². The zero-order chi connectivity index (χ0) is 22.7. The van der Waals surface area contributed by atoms with E-state index >= 15 is 0 Å². The topological polar surface area (TPSA) is 115 Å². The minimum atomic E-state index is -1.21. The summed E-state index contributed by atoms with van der Waals surface area (Å²) in [5.74, 6) is 0.307. The molecule has 1 aliphatic rings. The Morgan fingerprint density at radius 1 is 1.19 bits per heavy atom. The van der Waals surface area contributed by atoms with Gasteiger partial charge in [-0.1, -0.05) is 36.4 Å². The third kappa shape index (κ3) is 4.01. The largest absolute Gasteiger partial charge is 0.425 e. The number of nitriles is 1. The summed E-state index contributed by atoms with van der Waals surface area (Å²) in [7, 11) is 1.64. The van der Waals surface area contributed by atoms with Crippen LogP contribution in [-0.4, -0.2) is 57.1 Å². The fourth-order valence-corrected chi connectivity index (χ4v) is 3.62. The first-order valence-corrected chi connectivity index (χ1v) is 10.2. The first-order chi connectivity index (χ1) is 15.5. The molecule has 2 heterocycles. The number of aromatic nitrogens is 2. The van der Waals surface area contributed by atoms with Crippen molar-refractivity contribution in [1.29, 1.82) is 5.26 Å². The molecule has 0 radical (unpaired) electrons. The molecule has 0 saturated heterocycles. The van der Waals surface area contributed by atoms with Crippen LogP contribution in [0.2, 0.25) is 0 Å². The molecule has 32 heavy (non-hydrogen) atoms. The average Bonchev–Trinajstić information content (AvgIpc) is 3.16. The van der Waals surface area contributed by atoms with Crippen LogP contribution in [0.3, 0.4) is 0 Å². The molecule has 1 aromatic heterocycles. The number of carbonyl (C=O) groups excluding carboxylic acids is 1. The second kappa shape index (κ2) is 9.09. The van der Waals surface area contributed by atoms with Crippen molar-refractivity contribution in [3.8, 4) is 17.8 Å². The SMILES string of the molecule is CN1c2nc(Oc3cccc(C#N)c3)n(Cc3ccccc3)c2C(=O)N(CCCO)C1O. The van der Waals surface area contributed by atoms with Crippen LogP contribution >= 0.6 is 0 Å². The number of hydrogen-bond acceptors (Lipinski definition) is 7. The molecule has 2 aromatic carbocycles. The molecule has 3 aromatic rings. The maximum absolute atomic E-state index is 13.4. The molecule has 9 heteroatoms. The van der Waals surface area contributed by atoms with Crippen molar-refractivity contribution in [2.45, 2.75) is 19.3 Å². The van der Waals surface area contributed by atoms with Crippen LogP contribution in [0.25, 0.3) is 0 Å². The van der Waals surface area contributed by atoms with Gasteiger partial charge in [0.2, 0.25) is 6.35 Å². The fraction of sp³-hybridized carbons (Fsp3) is 0.261. The number of aliphatic hydroxyl groups is 2. The van der Waals surface area contributed by atoms with Gasteiger partial charge in [0.1, 0.15) is 5.75 Å². The summed E-state index contributed by atoms with van der Waals surface area (Å²) in [5.41, 5.74) is 1.66. The smallest absolute Gasteiger partial charge is 0.304 e. The lowest BCUT2D eigenvalue weighted by atomic mass is 10.2. The van der Waals surface area contributed by atoms with Crippen LogP contribution in [0.15, 0.2) is 54.6 Å². The van der Waals surface area contributed by atoms with E-state index in [4.69, 9.17) is 4.74 Å². The van der Waals surface area contributed by atoms with E-state index in [0.29, 0.717) is 30.1 Å². The van der Waals surface area contributed by atoms with Gasteiger partial charge in [-0.2, -0.15) is 10.2 Å². The Hall–Kier alpha value is -3.87. The fourth-order valence-electron chi connectivity index (χ4n) is 3.62. The van der Waals surface area contributed by atoms with E-state index in [1.165, 1.54) is 9.80 Å². The molecule has 1 atom stereocenters. The van der Waals surface area contributed by atoms with Gasteiger partial charge in [0.05, 0.1) is 18.2 Å². The molecule has 9 nitrogen and oxygen atoms in total. The number of anilines is 1. The molecule has 164 valence electrons. The summed E-state index contributed by atoms with van der Waals surface area (Å²) >= 11 is 0. The lowest BCUT2D eigenvalue weighted by Gasteiger charge is -2.38. The van der Waals surface area contributed by atoms with Crippen molar-refractivity contribution in [2.75, 3.05) is 25.1 Å². The number of ether oxygens (including phenoxy) is 1. The minimum absolute atomic E-state index is 0.0973. The van der Waals surface area contributed by atoms with Crippen molar-refractivity contribution in [3.63, 3.8) is 0 Å². The molecule has 0 fully saturated rings. The number of benzene rings is 2. The first kappa shape index (κ1) is 21.4. The van der Waals surface area contributed by atoms with Gasteiger partial charge in [0.15, 0.2) is 11.5 Å². The van der Waals surface area contributed by atoms with Gasteiger partial charge in [-0.15, -0.1) is 0 Å². The Morgan fingerprint density at radius 2 is 1.97 bits per heavy atom. The van der Waals surface area contributed by atoms with E-state index in [2.05, 4.69) is 11.1 Å². The Kier molecular flexibility index (Phi) is 6.07. The van der Waals surface area contributed by atoms with E-state index < -0.39 is 12.3 Å². The quantitative estimate of drug-likeness (QED) is 0.587. The van der Waals surface area contributed by atoms with Crippen molar-refractivity contribution in [3.05, 3.63) is 71.4 Å². The number of amides is 1. The average molecular weight is 433 g/mol. The minimum Gasteiger partial charge on any atom is -0.425 e. The van der Waals surface area contributed by atoms with Crippen LogP contribution in [0.1, 0.15) is 28.0 Å². The van der Waals surface area contributed by atoms with E-state index in [9.17, 15) is 20.3 Å². The van der Waals surface area contributed by atoms with Crippen LogP contribution in [0.4, 0.5) is 5.82 Å². The third-order valence-corrected chi connectivity index (χ3v) is 5.25. The van der Waals surface area contributed by atoms with E-state index in [1.54, 1.807) is 35.9 Å². The lowest BCUT2D eigenvalue weighted by Crippen LogP contribution is -2.54. The highest BCUT2D eigenvalue weighted by Gasteiger charge is 2.40. The van der Waals surface area contributed by atoms with Gasteiger partial charge in [-0.3, -0.25) is 14.3 Å².